The standard InChI is InChI=1S/C15H23FN2/c1-12-6-5-9-18(12)15(2,11-17)10-13-7-3-4-8-14(13)16/h3-4,7-8,12H,5-6,9-11,17H2,1-2H3. The molecule has 0 bridgehead atoms. The summed E-state index contributed by atoms with van der Waals surface area (Å²) in [5, 5.41) is 0. The maximum absolute atomic E-state index is 13.8. The van der Waals surface area contributed by atoms with Crippen molar-refractivity contribution in [1.29, 1.82) is 0 Å². The van der Waals surface area contributed by atoms with E-state index >= 15 is 0 Å². The van der Waals surface area contributed by atoms with Gasteiger partial charge in [0, 0.05) is 18.1 Å². The molecule has 0 spiro atoms. The van der Waals surface area contributed by atoms with Crippen molar-refractivity contribution in [1.82, 2.24) is 4.90 Å². The van der Waals surface area contributed by atoms with Gasteiger partial charge in [0.05, 0.1) is 0 Å². The van der Waals surface area contributed by atoms with Crippen molar-refractivity contribution in [2.45, 2.75) is 44.7 Å². The van der Waals surface area contributed by atoms with Crippen molar-refractivity contribution in [3.05, 3.63) is 35.6 Å². The second-order valence-electron chi connectivity index (χ2n) is 5.65. The SMILES string of the molecule is CC1CCCN1C(C)(CN)Cc1ccccc1F. The Morgan fingerprint density at radius 2 is 2.17 bits per heavy atom. The molecule has 2 nitrogen and oxygen atoms in total. The van der Waals surface area contributed by atoms with E-state index < -0.39 is 0 Å². The maximum Gasteiger partial charge on any atom is 0.126 e. The quantitative estimate of drug-likeness (QED) is 0.890. The number of nitrogens with two attached hydrogens (primary N) is 1. The van der Waals surface area contributed by atoms with Crippen LogP contribution in [-0.2, 0) is 6.42 Å². The Kier molecular flexibility index (Phi) is 4.03. The molecule has 2 rings (SSSR count). The van der Waals surface area contributed by atoms with Gasteiger partial charge in [-0.05, 0) is 51.3 Å². The number of hydrogen-bond donors (Lipinski definition) is 1. The highest BCUT2D eigenvalue weighted by molar-refractivity contribution is 5.20. The minimum absolute atomic E-state index is 0.121. The molecule has 18 heavy (non-hydrogen) atoms. The van der Waals surface area contributed by atoms with Gasteiger partial charge in [0.25, 0.3) is 0 Å². The number of halogens is 1. The molecule has 0 radical (unpaired) electrons. The third-order valence-corrected chi connectivity index (χ3v) is 4.22. The van der Waals surface area contributed by atoms with Gasteiger partial charge in [-0.1, -0.05) is 18.2 Å². The Morgan fingerprint density at radius 1 is 1.44 bits per heavy atom. The van der Waals surface area contributed by atoms with Crippen LogP contribution in [0.25, 0.3) is 0 Å². The molecular weight excluding hydrogens is 227 g/mol. The van der Waals surface area contributed by atoms with Crippen LogP contribution >= 0.6 is 0 Å². The highest BCUT2D eigenvalue weighted by Gasteiger charge is 2.36. The summed E-state index contributed by atoms with van der Waals surface area (Å²) in [7, 11) is 0. The molecule has 1 heterocycles. The lowest BCUT2D eigenvalue weighted by Crippen LogP contribution is -2.54. The lowest BCUT2D eigenvalue weighted by molar-refractivity contribution is 0.103. The molecule has 2 atom stereocenters. The first-order valence-electron chi connectivity index (χ1n) is 6.77. The van der Waals surface area contributed by atoms with Gasteiger partial charge in [0.2, 0.25) is 0 Å². The number of hydrogen-bond acceptors (Lipinski definition) is 2. The van der Waals surface area contributed by atoms with E-state index in [0.29, 0.717) is 19.0 Å². The number of benzene rings is 1. The summed E-state index contributed by atoms with van der Waals surface area (Å²) in [4.78, 5) is 2.44. The lowest BCUT2D eigenvalue weighted by atomic mass is 9.90. The summed E-state index contributed by atoms with van der Waals surface area (Å²) >= 11 is 0. The fraction of sp³-hybridized carbons (Fsp3) is 0.600. The zero-order valence-corrected chi connectivity index (χ0v) is 11.3. The van der Waals surface area contributed by atoms with Gasteiger partial charge >= 0.3 is 0 Å². The third-order valence-electron chi connectivity index (χ3n) is 4.22. The van der Waals surface area contributed by atoms with E-state index in [1.165, 1.54) is 18.9 Å². The van der Waals surface area contributed by atoms with Crippen LogP contribution in [0.2, 0.25) is 0 Å². The summed E-state index contributed by atoms with van der Waals surface area (Å²) < 4.78 is 13.8. The van der Waals surface area contributed by atoms with Crippen LogP contribution in [0.1, 0.15) is 32.3 Å². The van der Waals surface area contributed by atoms with E-state index in [0.717, 1.165) is 12.1 Å². The van der Waals surface area contributed by atoms with Crippen LogP contribution in [0.3, 0.4) is 0 Å². The van der Waals surface area contributed by atoms with Crippen molar-refractivity contribution in [3.63, 3.8) is 0 Å². The smallest absolute Gasteiger partial charge is 0.126 e. The van der Waals surface area contributed by atoms with E-state index in [1.807, 2.05) is 12.1 Å². The largest absolute Gasteiger partial charge is 0.329 e. The third kappa shape index (κ3) is 2.57. The van der Waals surface area contributed by atoms with Crippen molar-refractivity contribution < 1.29 is 4.39 Å². The Balaban J connectivity index is 2.20. The highest BCUT2D eigenvalue weighted by atomic mass is 19.1. The van der Waals surface area contributed by atoms with Crippen LogP contribution in [-0.4, -0.2) is 29.6 Å². The summed E-state index contributed by atoms with van der Waals surface area (Å²) in [5.41, 5.74) is 6.61. The molecule has 100 valence electrons. The van der Waals surface area contributed by atoms with Crippen LogP contribution in [0, 0.1) is 5.82 Å². The van der Waals surface area contributed by atoms with E-state index in [-0.39, 0.29) is 11.4 Å². The first kappa shape index (κ1) is 13.5. The number of rotatable bonds is 4. The zero-order chi connectivity index (χ0) is 13.2. The maximum atomic E-state index is 13.8. The van der Waals surface area contributed by atoms with Crippen molar-refractivity contribution in [2.75, 3.05) is 13.1 Å². The summed E-state index contributed by atoms with van der Waals surface area (Å²) in [6.45, 7) is 6.03. The molecule has 0 saturated carbocycles. The van der Waals surface area contributed by atoms with E-state index in [9.17, 15) is 4.39 Å². The molecule has 1 aromatic rings. The Bertz CT molecular complexity index is 407. The van der Waals surface area contributed by atoms with Crippen LogP contribution in [0.5, 0.6) is 0 Å². The van der Waals surface area contributed by atoms with E-state index in [1.54, 1.807) is 6.07 Å². The van der Waals surface area contributed by atoms with E-state index in [4.69, 9.17) is 5.73 Å². The molecule has 0 aromatic heterocycles. The normalized spacial score (nSPS) is 24.1. The average molecular weight is 250 g/mol. The minimum atomic E-state index is -0.141. The first-order chi connectivity index (χ1) is 8.57. The van der Waals surface area contributed by atoms with Crippen molar-refractivity contribution in [2.24, 2.45) is 5.73 Å². The monoisotopic (exact) mass is 250 g/mol. The molecule has 0 aliphatic carbocycles. The summed E-state index contributed by atoms with van der Waals surface area (Å²) in [5.74, 6) is -0.121. The van der Waals surface area contributed by atoms with Gasteiger partial charge in [0.1, 0.15) is 5.82 Å². The molecule has 1 aliphatic heterocycles. The molecule has 2 unspecified atom stereocenters. The van der Waals surface area contributed by atoms with Gasteiger partial charge in [-0.25, -0.2) is 4.39 Å². The first-order valence-corrected chi connectivity index (χ1v) is 6.77. The minimum Gasteiger partial charge on any atom is -0.329 e. The fourth-order valence-corrected chi connectivity index (χ4v) is 3.08. The summed E-state index contributed by atoms with van der Waals surface area (Å²) in [6.07, 6.45) is 3.11. The lowest BCUT2D eigenvalue weighted by Gasteiger charge is -2.41. The molecular formula is C15H23FN2. The van der Waals surface area contributed by atoms with Gasteiger partial charge < -0.3 is 5.73 Å². The second kappa shape index (κ2) is 5.37. The average Bonchev–Trinajstić information content (AvgIpc) is 2.79. The Hall–Kier alpha value is -0.930. The van der Waals surface area contributed by atoms with Crippen molar-refractivity contribution in [3.8, 4) is 0 Å². The van der Waals surface area contributed by atoms with Crippen LogP contribution < -0.4 is 5.73 Å². The molecule has 1 fully saturated rings. The molecule has 1 saturated heterocycles. The van der Waals surface area contributed by atoms with Gasteiger partial charge in [-0.15, -0.1) is 0 Å². The van der Waals surface area contributed by atoms with Crippen molar-refractivity contribution >= 4 is 0 Å². The van der Waals surface area contributed by atoms with Gasteiger partial charge in [-0.2, -0.15) is 0 Å². The number of nitrogens with zero attached hydrogens (tertiary/aromatic N) is 1. The molecule has 0 amide bonds. The highest BCUT2D eigenvalue weighted by Crippen LogP contribution is 2.29. The molecule has 2 N–H and O–H groups in total. The molecule has 3 heteroatoms. The topological polar surface area (TPSA) is 29.3 Å². The van der Waals surface area contributed by atoms with E-state index in [2.05, 4.69) is 18.7 Å². The van der Waals surface area contributed by atoms with Crippen LogP contribution in [0.15, 0.2) is 24.3 Å². The van der Waals surface area contributed by atoms with Crippen LogP contribution in [0.4, 0.5) is 4.39 Å². The number of likely N-dealkylation sites (tertiary alicyclic amines) is 1. The van der Waals surface area contributed by atoms with Gasteiger partial charge in [0.15, 0.2) is 0 Å². The zero-order valence-electron chi connectivity index (χ0n) is 11.3. The van der Waals surface area contributed by atoms with Gasteiger partial charge in [-0.3, -0.25) is 4.90 Å². The Morgan fingerprint density at radius 3 is 2.72 bits per heavy atom. The fourth-order valence-electron chi connectivity index (χ4n) is 3.08. The predicted octanol–water partition coefficient (Wildman–Crippen LogP) is 2.57. The second-order valence-corrected chi connectivity index (χ2v) is 5.65. The predicted molar refractivity (Wildman–Crippen MR) is 73.0 cm³/mol. The molecule has 1 aromatic carbocycles. The molecule has 1 aliphatic rings. The Labute approximate surface area is 109 Å². The summed E-state index contributed by atoms with van der Waals surface area (Å²) in [6, 6.07) is 7.56.